The van der Waals surface area contributed by atoms with E-state index in [4.69, 9.17) is 0 Å². The van der Waals surface area contributed by atoms with E-state index >= 15 is 0 Å². The smallest absolute Gasteiger partial charge is 0.0461 e. The van der Waals surface area contributed by atoms with Crippen molar-refractivity contribution >= 4 is 11.4 Å². The molecule has 2 aliphatic rings. The topological polar surface area (TPSA) is 3.24 Å². The lowest BCUT2D eigenvalue weighted by molar-refractivity contribution is 0.344. The van der Waals surface area contributed by atoms with Gasteiger partial charge in [0.2, 0.25) is 0 Å². The molecule has 0 unspecified atom stereocenters. The third-order valence-electron chi connectivity index (χ3n) is 9.53. The molecule has 6 rings (SSSR count). The van der Waals surface area contributed by atoms with Gasteiger partial charge in [0, 0.05) is 22.5 Å². The van der Waals surface area contributed by atoms with Crippen LogP contribution in [0.4, 0.5) is 11.4 Å². The monoisotopic (exact) mass is 563 g/mol. The van der Waals surface area contributed by atoms with E-state index in [-0.39, 0.29) is 5.41 Å². The van der Waals surface area contributed by atoms with E-state index in [9.17, 15) is 0 Å². The van der Waals surface area contributed by atoms with Crippen molar-refractivity contribution in [1.29, 1.82) is 0 Å². The number of hydrogen-bond acceptors (Lipinski definition) is 1. The van der Waals surface area contributed by atoms with Crippen molar-refractivity contribution < 1.29 is 0 Å². The quantitative estimate of drug-likeness (QED) is 0.206. The van der Waals surface area contributed by atoms with Crippen LogP contribution in [-0.4, -0.2) is 0 Å². The molecule has 0 N–H and O–H groups in total. The van der Waals surface area contributed by atoms with E-state index in [0.29, 0.717) is 0 Å². The first-order valence-electron chi connectivity index (χ1n) is 16.2. The van der Waals surface area contributed by atoms with E-state index in [1.54, 1.807) is 0 Å². The summed E-state index contributed by atoms with van der Waals surface area (Å²) in [5, 5.41) is 0. The average Bonchev–Trinajstić information content (AvgIpc) is 3.30. The molecule has 0 spiro atoms. The SMILES string of the molecule is Cc1ccc(CCc2ccc(C3(C4=CCC=C(N(c5ccc(C)cc5)c5ccc(C)cc5)C=C4)CCCCC3)cc2)cc1. The molecule has 0 amide bonds. The fourth-order valence-corrected chi connectivity index (χ4v) is 6.91. The minimum atomic E-state index is 0.0894. The second-order valence-electron chi connectivity index (χ2n) is 12.7. The molecule has 0 bridgehead atoms. The Morgan fingerprint density at radius 3 is 1.56 bits per heavy atom. The zero-order valence-corrected chi connectivity index (χ0v) is 26.2. The van der Waals surface area contributed by atoms with Gasteiger partial charge in [0.05, 0.1) is 0 Å². The van der Waals surface area contributed by atoms with Crippen molar-refractivity contribution in [1.82, 2.24) is 0 Å². The Kier molecular flexibility index (Phi) is 8.79. The largest absolute Gasteiger partial charge is 0.311 e. The normalized spacial score (nSPS) is 16.3. The van der Waals surface area contributed by atoms with Crippen molar-refractivity contribution in [2.45, 2.75) is 77.6 Å². The zero-order chi connectivity index (χ0) is 29.6. The lowest BCUT2D eigenvalue weighted by Crippen LogP contribution is -2.31. The lowest BCUT2D eigenvalue weighted by Gasteiger charge is -2.39. The molecule has 0 heterocycles. The van der Waals surface area contributed by atoms with Gasteiger partial charge in [-0.1, -0.05) is 127 Å². The number of allylic oxidation sites excluding steroid dienone is 5. The molecule has 1 saturated carbocycles. The summed E-state index contributed by atoms with van der Waals surface area (Å²) in [6, 6.07) is 36.5. The molecule has 0 aromatic heterocycles. The number of nitrogens with zero attached hydrogens (tertiary/aromatic N) is 1. The Labute approximate surface area is 259 Å². The van der Waals surface area contributed by atoms with Crippen molar-refractivity contribution in [2.75, 3.05) is 4.90 Å². The second kappa shape index (κ2) is 13.0. The van der Waals surface area contributed by atoms with Crippen LogP contribution < -0.4 is 4.90 Å². The van der Waals surface area contributed by atoms with Crippen LogP contribution in [0.1, 0.15) is 71.9 Å². The van der Waals surface area contributed by atoms with Crippen molar-refractivity contribution in [2.24, 2.45) is 0 Å². The van der Waals surface area contributed by atoms with Crippen LogP contribution >= 0.6 is 0 Å². The van der Waals surface area contributed by atoms with Crippen molar-refractivity contribution in [3.63, 3.8) is 0 Å². The Morgan fingerprint density at radius 1 is 0.535 bits per heavy atom. The molecule has 43 heavy (non-hydrogen) atoms. The van der Waals surface area contributed by atoms with E-state index < -0.39 is 0 Å². The molecular weight excluding hydrogens is 518 g/mol. The zero-order valence-electron chi connectivity index (χ0n) is 26.2. The van der Waals surface area contributed by atoms with E-state index in [2.05, 4.69) is 147 Å². The summed E-state index contributed by atoms with van der Waals surface area (Å²) in [4.78, 5) is 2.41. The van der Waals surface area contributed by atoms with Crippen molar-refractivity contribution in [3.8, 4) is 0 Å². The highest BCUT2D eigenvalue weighted by atomic mass is 15.1. The van der Waals surface area contributed by atoms with Gasteiger partial charge in [-0.3, -0.25) is 0 Å². The Hall–Kier alpha value is -4.10. The summed E-state index contributed by atoms with van der Waals surface area (Å²) in [6.45, 7) is 6.46. The summed E-state index contributed by atoms with van der Waals surface area (Å²) in [7, 11) is 0. The van der Waals surface area contributed by atoms with Crippen LogP contribution in [0.25, 0.3) is 0 Å². The third kappa shape index (κ3) is 6.62. The third-order valence-corrected chi connectivity index (χ3v) is 9.53. The maximum Gasteiger partial charge on any atom is 0.0461 e. The predicted molar refractivity (Wildman–Crippen MR) is 184 cm³/mol. The summed E-state index contributed by atoms with van der Waals surface area (Å²) in [6.07, 6.45) is 19.2. The van der Waals surface area contributed by atoms with Gasteiger partial charge in [-0.05, 0) is 105 Å². The summed E-state index contributed by atoms with van der Waals surface area (Å²) >= 11 is 0. The van der Waals surface area contributed by atoms with Gasteiger partial charge in [-0.2, -0.15) is 0 Å². The fourth-order valence-electron chi connectivity index (χ4n) is 6.91. The Morgan fingerprint density at radius 2 is 1.02 bits per heavy atom. The second-order valence-corrected chi connectivity index (χ2v) is 12.7. The van der Waals surface area contributed by atoms with E-state index in [1.807, 2.05) is 0 Å². The fraction of sp³-hybridized carbons (Fsp3) is 0.286. The summed E-state index contributed by atoms with van der Waals surface area (Å²) in [5.74, 6) is 0. The molecule has 1 heteroatoms. The summed E-state index contributed by atoms with van der Waals surface area (Å²) in [5.41, 5.74) is 13.4. The van der Waals surface area contributed by atoms with Crippen LogP contribution in [-0.2, 0) is 18.3 Å². The van der Waals surface area contributed by atoms with Gasteiger partial charge < -0.3 is 4.90 Å². The van der Waals surface area contributed by atoms with Crippen LogP contribution in [0.2, 0.25) is 0 Å². The number of rotatable bonds is 8. The highest BCUT2D eigenvalue weighted by Crippen LogP contribution is 2.47. The molecule has 1 fully saturated rings. The van der Waals surface area contributed by atoms with Gasteiger partial charge >= 0.3 is 0 Å². The van der Waals surface area contributed by atoms with Crippen LogP contribution in [0, 0.1) is 20.8 Å². The van der Waals surface area contributed by atoms with Gasteiger partial charge in [-0.15, -0.1) is 0 Å². The average molecular weight is 564 g/mol. The molecule has 0 radical (unpaired) electrons. The number of benzene rings is 4. The lowest BCUT2D eigenvalue weighted by atomic mass is 9.64. The highest BCUT2D eigenvalue weighted by molar-refractivity contribution is 5.71. The maximum absolute atomic E-state index is 2.50. The molecule has 0 aliphatic heterocycles. The number of aryl methyl sites for hydroxylation is 5. The van der Waals surface area contributed by atoms with Crippen LogP contribution in [0.3, 0.4) is 0 Å². The van der Waals surface area contributed by atoms with Gasteiger partial charge in [0.25, 0.3) is 0 Å². The molecule has 4 aromatic carbocycles. The first kappa shape index (κ1) is 29.0. The molecule has 0 atom stereocenters. The Balaban J connectivity index is 1.26. The first-order chi connectivity index (χ1) is 21.0. The van der Waals surface area contributed by atoms with Gasteiger partial charge in [0.15, 0.2) is 0 Å². The standard InChI is InChI=1S/C42H45N/c1-32-10-16-35(17-11-32)18-19-36-20-22-38(23-21-36)42(30-5-4-6-31-42)37-8-7-9-39(29-24-37)43(40-25-12-33(2)13-26-40)41-27-14-34(3)15-28-41/h8-17,20-29H,4-7,18-19,30-31H2,1-3H3. The molecular formula is C42H45N. The first-order valence-corrected chi connectivity index (χ1v) is 16.2. The maximum atomic E-state index is 2.50. The van der Waals surface area contributed by atoms with Crippen LogP contribution in [0.5, 0.6) is 0 Å². The Bertz CT molecular complexity index is 1550. The minimum Gasteiger partial charge on any atom is -0.311 e. The number of hydrogen-bond donors (Lipinski definition) is 0. The molecule has 4 aromatic rings. The molecule has 1 nitrogen and oxygen atoms in total. The van der Waals surface area contributed by atoms with E-state index in [1.165, 1.54) is 88.1 Å². The molecule has 218 valence electrons. The predicted octanol–water partition coefficient (Wildman–Crippen LogP) is 11.2. The van der Waals surface area contributed by atoms with E-state index in [0.717, 1.165) is 19.3 Å². The van der Waals surface area contributed by atoms with Crippen LogP contribution in [0.15, 0.2) is 133 Å². The number of anilines is 2. The molecule has 0 saturated heterocycles. The summed E-state index contributed by atoms with van der Waals surface area (Å²) < 4.78 is 0. The molecule has 2 aliphatic carbocycles. The van der Waals surface area contributed by atoms with Gasteiger partial charge in [-0.25, -0.2) is 0 Å². The van der Waals surface area contributed by atoms with Crippen molar-refractivity contribution in [3.05, 3.63) is 166 Å². The van der Waals surface area contributed by atoms with Gasteiger partial charge in [0.1, 0.15) is 0 Å². The minimum absolute atomic E-state index is 0.0894. The highest BCUT2D eigenvalue weighted by Gasteiger charge is 2.36.